The number of carbonyl (C=O) groups excluding carboxylic acids is 3. The summed E-state index contributed by atoms with van der Waals surface area (Å²) in [7, 11) is 1.81. The lowest BCUT2D eigenvalue weighted by Crippen LogP contribution is -2.51. The van der Waals surface area contributed by atoms with Crippen molar-refractivity contribution in [3.05, 3.63) is 34.9 Å². The van der Waals surface area contributed by atoms with Crippen molar-refractivity contribution in [2.24, 2.45) is 10.8 Å². The van der Waals surface area contributed by atoms with Crippen molar-refractivity contribution >= 4 is 18.5 Å². The van der Waals surface area contributed by atoms with Gasteiger partial charge in [-0.15, -0.1) is 0 Å². The first-order chi connectivity index (χ1) is 17.4. The number of likely N-dealkylation sites (N-methyl/N-ethyl adjacent to an activating group) is 1. The van der Waals surface area contributed by atoms with Gasteiger partial charge in [0, 0.05) is 26.1 Å². The van der Waals surface area contributed by atoms with Gasteiger partial charge in [-0.25, -0.2) is 4.79 Å². The molecule has 1 unspecified atom stereocenters. The summed E-state index contributed by atoms with van der Waals surface area (Å²) in [4.78, 5) is 40.1. The number of unbranched alkanes of at least 4 members (excludes halogenated alkanes) is 1. The molecule has 1 aromatic carbocycles. The zero-order valence-corrected chi connectivity index (χ0v) is 23.5. The van der Waals surface area contributed by atoms with E-state index in [-0.39, 0.29) is 35.0 Å². The van der Waals surface area contributed by atoms with Crippen LogP contribution in [0.4, 0.5) is 4.79 Å². The standard InChI is InChI=1S/C29H45N3O5/c1-28(2,3)25(30-6)26(34)31-15-13-23(17-31)37-27(35)32-16-22-12-9-11-21(24(22)18-32)10-7-8-14-29(4,5)19-36-20-33/h9,11-12,20,23,25,30H,7-8,10,13-19H2,1-6H3/t23?,25-/m1/s1. The quantitative estimate of drug-likeness (QED) is 0.350. The zero-order valence-electron chi connectivity index (χ0n) is 23.5. The van der Waals surface area contributed by atoms with E-state index in [9.17, 15) is 14.4 Å². The van der Waals surface area contributed by atoms with E-state index < -0.39 is 0 Å². The molecule has 2 atom stereocenters. The molecule has 1 fully saturated rings. The Morgan fingerprint density at radius 2 is 1.89 bits per heavy atom. The Bertz CT molecular complexity index is 955. The van der Waals surface area contributed by atoms with E-state index >= 15 is 0 Å². The maximum atomic E-state index is 13.0. The number of carbonyl (C=O) groups is 3. The predicted molar refractivity (Wildman–Crippen MR) is 143 cm³/mol. The fourth-order valence-corrected chi connectivity index (χ4v) is 5.46. The Kier molecular flexibility index (Phi) is 9.62. The monoisotopic (exact) mass is 515 g/mol. The van der Waals surface area contributed by atoms with Gasteiger partial charge in [-0.2, -0.15) is 0 Å². The van der Waals surface area contributed by atoms with Crippen LogP contribution >= 0.6 is 0 Å². The summed E-state index contributed by atoms with van der Waals surface area (Å²) in [5.41, 5.74) is 3.47. The normalized spacial score (nSPS) is 18.5. The minimum absolute atomic E-state index is 0.0265. The van der Waals surface area contributed by atoms with E-state index in [2.05, 4.69) is 37.4 Å². The first-order valence-electron chi connectivity index (χ1n) is 13.5. The number of nitrogens with one attached hydrogen (secondary N) is 1. The summed E-state index contributed by atoms with van der Waals surface area (Å²) in [6.45, 7) is 13.5. The SMILES string of the molecule is CN[C@H](C(=O)N1CCC(OC(=O)N2Cc3cccc(CCCCC(C)(C)COC=O)c3C2)C1)C(C)(C)C. The molecule has 0 aromatic heterocycles. The van der Waals surface area contributed by atoms with Gasteiger partial charge in [0.2, 0.25) is 5.91 Å². The van der Waals surface area contributed by atoms with Gasteiger partial charge in [-0.3, -0.25) is 14.5 Å². The van der Waals surface area contributed by atoms with E-state index in [1.165, 1.54) is 16.7 Å². The molecule has 2 heterocycles. The van der Waals surface area contributed by atoms with Crippen molar-refractivity contribution in [2.45, 2.75) is 92.0 Å². The number of ether oxygens (including phenoxy) is 2. The highest BCUT2D eigenvalue weighted by Gasteiger charge is 2.38. The van der Waals surface area contributed by atoms with Gasteiger partial charge in [-0.1, -0.05) is 59.2 Å². The second-order valence-electron chi connectivity index (χ2n) is 12.4. The van der Waals surface area contributed by atoms with Gasteiger partial charge in [0.15, 0.2) is 0 Å². The first-order valence-corrected chi connectivity index (χ1v) is 13.5. The molecule has 2 amide bonds. The summed E-state index contributed by atoms with van der Waals surface area (Å²) >= 11 is 0. The van der Waals surface area contributed by atoms with Crippen LogP contribution in [-0.4, -0.2) is 67.2 Å². The average molecular weight is 516 g/mol. The van der Waals surface area contributed by atoms with Crippen LogP contribution in [-0.2, 0) is 38.6 Å². The fraction of sp³-hybridized carbons (Fsp3) is 0.690. The maximum absolute atomic E-state index is 13.0. The van der Waals surface area contributed by atoms with E-state index in [4.69, 9.17) is 9.47 Å². The third kappa shape index (κ3) is 7.69. The highest BCUT2D eigenvalue weighted by molar-refractivity contribution is 5.83. The number of hydrogen-bond acceptors (Lipinski definition) is 6. The molecule has 1 saturated heterocycles. The van der Waals surface area contributed by atoms with Crippen LogP contribution in [0.3, 0.4) is 0 Å². The summed E-state index contributed by atoms with van der Waals surface area (Å²) in [5, 5.41) is 3.14. The number of likely N-dealkylation sites (tertiary alicyclic amines) is 1. The fourth-order valence-electron chi connectivity index (χ4n) is 5.46. The lowest BCUT2D eigenvalue weighted by atomic mass is 9.86. The van der Waals surface area contributed by atoms with E-state index in [0.29, 0.717) is 45.7 Å². The van der Waals surface area contributed by atoms with Crippen LogP contribution in [0.15, 0.2) is 18.2 Å². The Morgan fingerprint density at radius 3 is 2.57 bits per heavy atom. The van der Waals surface area contributed by atoms with Gasteiger partial charge in [0.05, 0.1) is 19.2 Å². The Hall–Kier alpha value is -2.61. The first kappa shape index (κ1) is 29.0. The Labute approximate surface area is 222 Å². The van der Waals surface area contributed by atoms with E-state index in [0.717, 1.165) is 25.7 Å². The topological polar surface area (TPSA) is 88.2 Å². The molecule has 0 radical (unpaired) electrons. The minimum atomic E-state index is -0.306. The van der Waals surface area contributed by atoms with Crippen molar-refractivity contribution in [3.63, 3.8) is 0 Å². The molecule has 0 aliphatic carbocycles. The molecule has 0 spiro atoms. The number of hydrogen-bond donors (Lipinski definition) is 1. The number of amides is 2. The molecule has 206 valence electrons. The largest absolute Gasteiger partial charge is 0.467 e. The molecule has 8 nitrogen and oxygen atoms in total. The van der Waals surface area contributed by atoms with Crippen molar-refractivity contribution in [3.8, 4) is 0 Å². The molecule has 2 aliphatic rings. The van der Waals surface area contributed by atoms with Gasteiger partial charge in [0.1, 0.15) is 6.10 Å². The van der Waals surface area contributed by atoms with Gasteiger partial charge in [-0.05, 0) is 53.8 Å². The third-order valence-corrected chi connectivity index (χ3v) is 7.56. The van der Waals surface area contributed by atoms with Gasteiger partial charge in [0.25, 0.3) is 6.47 Å². The number of nitrogens with zero attached hydrogens (tertiary/aromatic N) is 2. The Balaban J connectivity index is 1.49. The van der Waals surface area contributed by atoms with Crippen LogP contribution in [0.1, 0.15) is 77.0 Å². The van der Waals surface area contributed by atoms with E-state index in [1.807, 2.05) is 32.7 Å². The van der Waals surface area contributed by atoms with Crippen LogP contribution in [0.2, 0.25) is 0 Å². The molecule has 1 N–H and O–H groups in total. The zero-order chi connectivity index (χ0) is 27.2. The molecule has 0 bridgehead atoms. The third-order valence-electron chi connectivity index (χ3n) is 7.56. The molecular weight excluding hydrogens is 470 g/mol. The summed E-state index contributed by atoms with van der Waals surface area (Å²) < 4.78 is 10.8. The molecule has 8 heteroatoms. The summed E-state index contributed by atoms with van der Waals surface area (Å²) in [6.07, 6.45) is 4.11. The van der Waals surface area contributed by atoms with Crippen LogP contribution in [0.25, 0.3) is 0 Å². The lowest BCUT2D eigenvalue weighted by Gasteiger charge is -2.32. The van der Waals surface area contributed by atoms with Crippen molar-refractivity contribution in [1.29, 1.82) is 0 Å². The van der Waals surface area contributed by atoms with Gasteiger partial charge < -0.3 is 19.7 Å². The highest BCUT2D eigenvalue weighted by Crippen LogP contribution is 2.30. The molecule has 3 rings (SSSR count). The highest BCUT2D eigenvalue weighted by atomic mass is 16.6. The number of rotatable bonds is 11. The van der Waals surface area contributed by atoms with Crippen LogP contribution in [0.5, 0.6) is 0 Å². The molecule has 0 saturated carbocycles. The molecule has 37 heavy (non-hydrogen) atoms. The summed E-state index contributed by atoms with van der Waals surface area (Å²) in [6, 6.07) is 6.04. The number of aryl methyl sites for hydroxylation is 1. The smallest absolute Gasteiger partial charge is 0.410 e. The molecule has 1 aromatic rings. The number of fused-ring (bicyclic) bond motifs is 1. The van der Waals surface area contributed by atoms with E-state index in [1.54, 1.807) is 4.90 Å². The van der Waals surface area contributed by atoms with Crippen LogP contribution in [0, 0.1) is 10.8 Å². The lowest BCUT2D eigenvalue weighted by molar-refractivity contribution is -0.135. The molecular formula is C29H45N3O5. The van der Waals surface area contributed by atoms with Crippen molar-refractivity contribution in [1.82, 2.24) is 15.1 Å². The van der Waals surface area contributed by atoms with Crippen molar-refractivity contribution in [2.75, 3.05) is 26.7 Å². The summed E-state index contributed by atoms with van der Waals surface area (Å²) in [5.74, 6) is 0.0615. The number of benzene rings is 1. The molecule has 2 aliphatic heterocycles. The maximum Gasteiger partial charge on any atom is 0.410 e. The van der Waals surface area contributed by atoms with Gasteiger partial charge >= 0.3 is 6.09 Å². The predicted octanol–water partition coefficient (Wildman–Crippen LogP) is 4.29. The van der Waals surface area contributed by atoms with Crippen LogP contribution < -0.4 is 5.32 Å². The minimum Gasteiger partial charge on any atom is -0.467 e. The average Bonchev–Trinajstić information content (AvgIpc) is 3.47. The van der Waals surface area contributed by atoms with Crippen molar-refractivity contribution < 1.29 is 23.9 Å². The second-order valence-corrected chi connectivity index (χ2v) is 12.4. The Morgan fingerprint density at radius 1 is 1.14 bits per heavy atom. The second kappa shape index (κ2) is 12.3.